The number of rotatable bonds is 6. The predicted octanol–water partition coefficient (Wildman–Crippen LogP) is 10.0. The Kier molecular flexibility index (Phi) is 7.05. The number of hydrogen-bond donors (Lipinski definition) is 0. The molecule has 0 saturated heterocycles. The van der Waals surface area contributed by atoms with E-state index in [1.807, 2.05) is 6.20 Å². The Hall–Kier alpha value is -6.49. The summed E-state index contributed by atoms with van der Waals surface area (Å²) in [6, 6.07) is 68.6. The average Bonchev–Trinajstić information content (AvgIpc) is 3.75. The summed E-state index contributed by atoms with van der Waals surface area (Å²) in [4.78, 5) is 5.08. The summed E-state index contributed by atoms with van der Waals surface area (Å²) in [6.45, 7) is 2.48. The summed E-state index contributed by atoms with van der Waals surface area (Å²) in [5.74, 6) is 0.897. The monoisotopic (exact) mass is 681 g/mol. The summed E-state index contributed by atoms with van der Waals surface area (Å²) in [7, 11) is -2.29. The number of benzene rings is 7. The van der Waals surface area contributed by atoms with Gasteiger partial charge in [-0.05, 0) is 63.1 Å². The van der Waals surface area contributed by atoms with Crippen LogP contribution in [0.2, 0.25) is 6.55 Å². The Labute approximate surface area is 303 Å². The summed E-state index contributed by atoms with van der Waals surface area (Å²) in [6.07, 6.45) is 1.96. The zero-order chi connectivity index (χ0) is 34.6. The van der Waals surface area contributed by atoms with Crippen LogP contribution in [-0.2, 0) is 0 Å². The molecule has 10 rings (SSSR count). The third-order valence-electron chi connectivity index (χ3n) is 10.9. The largest absolute Gasteiger partial charge is 0.307 e. The van der Waals surface area contributed by atoms with Crippen LogP contribution < -0.4 is 15.6 Å². The van der Waals surface area contributed by atoms with Crippen LogP contribution in [0.1, 0.15) is 0 Å². The number of fused-ring (bicyclic) bond motifs is 6. The molecule has 0 aliphatic heterocycles. The van der Waals surface area contributed by atoms with E-state index in [-0.39, 0.29) is 0 Å². The highest BCUT2D eigenvalue weighted by molar-refractivity contribution is 7.10. The van der Waals surface area contributed by atoms with E-state index in [2.05, 4.69) is 204 Å². The fourth-order valence-electron chi connectivity index (χ4n) is 8.37. The number of hydrogen-bond acceptors (Lipinski definition) is 1. The van der Waals surface area contributed by atoms with Gasteiger partial charge in [-0.3, -0.25) is 4.57 Å². The van der Waals surface area contributed by atoms with E-state index in [9.17, 15) is 0 Å². The molecule has 0 aliphatic rings. The van der Waals surface area contributed by atoms with Gasteiger partial charge in [0.05, 0.1) is 27.8 Å². The number of para-hydroxylation sites is 4. The van der Waals surface area contributed by atoms with Crippen molar-refractivity contribution in [1.29, 1.82) is 0 Å². The van der Waals surface area contributed by atoms with Crippen molar-refractivity contribution in [3.8, 4) is 22.6 Å². The fourth-order valence-corrected chi connectivity index (χ4v) is 12.0. The number of nitrogens with zero attached hydrogens (tertiary/aromatic N) is 3. The maximum Gasteiger partial charge on any atom is 0.145 e. The molecule has 0 amide bonds. The van der Waals surface area contributed by atoms with Crippen molar-refractivity contribution < 1.29 is 0 Å². The van der Waals surface area contributed by atoms with Gasteiger partial charge >= 0.3 is 0 Å². The van der Waals surface area contributed by atoms with Crippen molar-refractivity contribution in [2.45, 2.75) is 6.55 Å². The quantitative estimate of drug-likeness (QED) is 0.127. The smallest absolute Gasteiger partial charge is 0.145 e. The van der Waals surface area contributed by atoms with E-state index < -0.39 is 8.07 Å². The SMILES string of the molecule is C[Si](c1ccccc1)(c1ccccc1)c1cccc(-c2ccnc(-n3c4ccccc4c4cccc(-n5c6ccccc6c6ccccc65)c43)c2)c1. The van der Waals surface area contributed by atoms with Gasteiger partial charge in [0.15, 0.2) is 0 Å². The van der Waals surface area contributed by atoms with E-state index >= 15 is 0 Å². The highest BCUT2D eigenvalue weighted by Gasteiger charge is 2.34. The molecule has 0 N–H and O–H groups in total. The van der Waals surface area contributed by atoms with Crippen molar-refractivity contribution >= 4 is 67.2 Å². The highest BCUT2D eigenvalue weighted by Crippen LogP contribution is 2.39. The molecule has 3 heterocycles. The maximum atomic E-state index is 5.08. The summed E-state index contributed by atoms with van der Waals surface area (Å²) in [5, 5.41) is 9.09. The molecule has 0 unspecified atom stereocenters. The Morgan fingerprint density at radius 3 is 1.52 bits per heavy atom. The summed E-state index contributed by atoms with van der Waals surface area (Å²) in [5.41, 5.74) is 8.12. The lowest BCUT2D eigenvalue weighted by atomic mass is 10.1. The van der Waals surface area contributed by atoms with E-state index in [1.54, 1.807) is 0 Å². The van der Waals surface area contributed by atoms with Crippen LogP contribution in [0.3, 0.4) is 0 Å². The molecule has 0 atom stereocenters. The van der Waals surface area contributed by atoms with Gasteiger partial charge in [0.25, 0.3) is 0 Å². The lowest BCUT2D eigenvalue weighted by Crippen LogP contribution is -2.64. The third-order valence-corrected chi connectivity index (χ3v) is 15.4. The number of pyridine rings is 1. The molecule has 10 aromatic rings. The van der Waals surface area contributed by atoms with Crippen LogP contribution in [0.15, 0.2) is 194 Å². The summed E-state index contributed by atoms with van der Waals surface area (Å²) < 4.78 is 4.79. The molecule has 4 heteroatoms. The second-order valence-electron chi connectivity index (χ2n) is 13.7. The molecule has 7 aromatic carbocycles. The van der Waals surface area contributed by atoms with Gasteiger partial charge in [0.1, 0.15) is 13.9 Å². The average molecular weight is 682 g/mol. The second kappa shape index (κ2) is 12.1. The van der Waals surface area contributed by atoms with Crippen LogP contribution in [0.5, 0.6) is 0 Å². The van der Waals surface area contributed by atoms with Crippen LogP contribution in [0, 0.1) is 0 Å². The van der Waals surface area contributed by atoms with Gasteiger partial charge in [-0.15, -0.1) is 0 Å². The molecular formula is C48H35N3Si. The second-order valence-corrected chi connectivity index (χ2v) is 17.7. The van der Waals surface area contributed by atoms with E-state index in [0.29, 0.717) is 0 Å². The Morgan fingerprint density at radius 2 is 0.885 bits per heavy atom. The molecule has 52 heavy (non-hydrogen) atoms. The standard InChI is InChI=1S/C48H35N3Si/c1-52(36-17-4-2-5-18-36,37-19-6-3-7-20-37)38-21-14-16-34(32-38)35-30-31-49-47(33-35)51-45-28-13-10-24-41(45)42-25-15-29-46(48(42)51)50-43-26-11-8-22-39(43)40-23-9-12-27-44(40)50/h2-33H,1H3. The zero-order valence-electron chi connectivity index (χ0n) is 28.8. The molecule has 0 fully saturated rings. The van der Waals surface area contributed by atoms with Crippen molar-refractivity contribution in [3.05, 3.63) is 194 Å². The Morgan fingerprint density at radius 1 is 0.404 bits per heavy atom. The maximum absolute atomic E-state index is 5.08. The van der Waals surface area contributed by atoms with Crippen LogP contribution >= 0.6 is 0 Å². The van der Waals surface area contributed by atoms with Crippen molar-refractivity contribution in [1.82, 2.24) is 14.1 Å². The first-order chi connectivity index (χ1) is 25.7. The molecule has 0 radical (unpaired) electrons. The molecule has 3 aromatic heterocycles. The van der Waals surface area contributed by atoms with Gasteiger partial charge in [-0.2, -0.15) is 0 Å². The third kappa shape index (κ3) is 4.62. The van der Waals surface area contributed by atoms with E-state index in [1.165, 1.54) is 53.7 Å². The van der Waals surface area contributed by atoms with Crippen molar-refractivity contribution in [2.24, 2.45) is 0 Å². The molecule has 0 bridgehead atoms. The Balaban J connectivity index is 1.19. The van der Waals surface area contributed by atoms with E-state index in [4.69, 9.17) is 4.98 Å². The first kappa shape index (κ1) is 30.3. The van der Waals surface area contributed by atoms with Gasteiger partial charge < -0.3 is 4.57 Å². The molecule has 0 saturated carbocycles. The topological polar surface area (TPSA) is 22.8 Å². The molecule has 3 nitrogen and oxygen atoms in total. The number of aromatic nitrogens is 3. The lowest BCUT2D eigenvalue weighted by Gasteiger charge is -2.30. The van der Waals surface area contributed by atoms with Crippen molar-refractivity contribution in [2.75, 3.05) is 0 Å². The Bertz CT molecular complexity index is 2830. The molecule has 0 aliphatic carbocycles. The van der Waals surface area contributed by atoms with Crippen molar-refractivity contribution in [3.63, 3.8) is 0 Å². The lowest BCUT2D eigenvalue weighted by molar-refractivity contribution is 1.07. The predicted molar refractivity (Wildman–Crippen MR) is 222 cm³/mol. The first-order valence-electron chi connectivity index (χ1n) is 17.9. The molecule has 0 spiro atoms. The van der Waals surface area contributed by atoms with Gasteiger partial charge in [-0.25, -0.2) is 4.98 Å². The van der Waals surface area contributed by atoms with Gasteiger partial charge in [0, 0.05) is 27.7 Å². The highest BCUT2D eigenvalue weighted by atomic mass is 28.3. The molecular weight excluding hydrogens is 647 g/mol. The fraction of sp³-hybridized carbons (Fsp3) is 0.0208. The van der Waals surface area contributed by atoms with Crippen LogP contribution in [0.4, 0.5) is 0 Å². The minimum Gasteiger partial charge on any atom is -0.307 e. The normalized spacial score (nSPS) is 11.9. The molecule has 246 valence electrons. The minimum absolute atomic E-state index is 0.897. The van der Waals surface area contributed by atoms with E-state index in [0.717, 1.165) is 28.1 Å². The minimum atomic E-state index is -2.29. The van der Waals surface area contributed by atoms with Gasteiger partial charge in [0.2, 0.25) is 0 Å². The van der Waals surface area contributed by atoms with Gasteiger partial charge in [-0.1, -0.05) is 158 Å². The zero-order valence-corrected chi connectivity index (χ0v) is 29.8. The van der Waals surface area contributed by atoms with Crippen LogP contribution in [-0.4, -0.2) is 22.2 Å². The first-order valence-corrected chi connectivity index (χ1v) is 20.4. The van der Waals surface area contributed by atoms with Crippen LogP contribution in [0.25, 0.3) is 66.2 Å². The summed E-state index contributed by atoms with van der Waals surface area (Å²) >= 11 is 0.